The van der Waals surface area contributed by atoms with Crippen molar-refractivity contribution in [3.8, 4) is 5.75 Å². The minimum atomic E-state index is -0.307. The van der Waals surface area contributed by atoms with E-state index in [2.05, 4.69) is 16.0 Å². The van der Waals surface area contributed by atoms with Gasteiger partial charge in [-0.05, 0) is 73.6 Å². The number of amides is 2. The monoisotopic (exact) mass is 399 g/mol. The molecule has 7 heteroatoms. The minimum Gasteiger partial charge on any atom is -0.494 e. The lowest BCUT2D eigenvalue weighted by Crippen LogP contribution is -2.34. The van der Waals surface area contributed by atoms with Gasteiger partial charge >= 0.3 is 0 Å². The minimum absolute atomic E-state index is 0.0196. The van der Waals surface area contributed by atoms with Crippen LogP contribution in [0.4, 0.5) is 11.4 Å². The van der Waals surface area contributed by atoms with E-state index in [4.69, 9.17) is 17.0 Å². The topological polar surface area (TPSA) is 79.5 Å². The van der Waals surface area contributed by atoms with Gasteiger partial charge in [-0.2, -0.15) is 0 Å². The van der Waals surface area contributed by atoms with Gasteiger partial charge in [0.15, 0.2) is 5.11 Å². The third-order valence-electron chi connectivity index (χ3n) is 3.67. The number of carbonyl (C=O) groups excluding carboxylic acids is 2. The number of hydrogen-bond donors (Lipinski definition) is 3. The molecule has 0 bridgehead atoms. The van der Waals surface area contributed by atoms with Gasteiger partial charge in [0.2, 0.25) is 5.91 Å². The molecule has 0 aliphatic carbocycles. The maximum absolute atomic E-state index is 12.3. The average Bonchev–Trinajstić information content (AvgIpc) is 2.63. The Balaban J connectivity index is 1.86. The molecule has 148 valence electrons. The summed E-state index contributed by atoms with van der Waals surface area (Å²) >= 11 is 5.19. The smallest absolute Gasteiger partial charge is 0.257 e. The Hall–Kier alpha value is -2.93. The van der Waals surface area contributed by atoms with Crippen LogP contribution in [0.5, 0.6) is 5.75 Å². The molecule has 3 N–H and O–H groups in total. The van der Waals surface area contributed by atoms with Crippen LogP contribution in [-0.4, -0.2) is 23.5 Å². The van der Waals surface area contributed by atoms with Crippen LogP contribution in [0.3, 0.4) is 0 Å². The second kappa shape index (κ2) is 10.4. The molecule has 2 aromatic carbocycles. The summed E-state index contributed by atoms with van der Waals surface area (Å²) in [4.78, 5) is 24.0. The molecule has 2 amide bonds. The van der Waals surface area contributed by atoms with Gasteiger partial charge in [0, 0.05) is 23.4 Å². The average molecular weight is 400 g/mol. The highest BCUT2D eigenvalue weighted by Gasteiger charge is 2.09. The van der Waals surface area contributed by atoms with Crippen molar-refractivity contribution in [3.05, 3.63) is 54.1 Å². The van der Waals surface area contributed by atoms with Crippen molar-refractivity contribution in [2.45, 2.75) is 27.2 Å². The van der Waals surface area contributed by atoms with E-state index in [9.17, 15) is 9.59 Å². The van der Waals surface area contributed by atoms with Crippen molar-refractivity contribution in [1.82, 2.24) is 5.32 Å². The number of anilines is 2. The molecule has 2 rings (SSSR count). The van der Waals surface area contributed by atoms with Crippen molar-refractivity contribution in [2.75, 3.05) is 17.2 Å². The molecule has 28 heavy (non-hydrogen) atoms. The van der Waals surface area contributed by atoms with E-state index in [1.54, 1.807) is 48.5 Å². The number of rotatable bonds is 7. The molecule has 0 radical (unpaired) electrons. The molecule has 0 heterocycles. The van der Waals surface area contributed by atoms with Gasteiger partial charge in [0.25, 0.3) is 5.91 Å². The number of hydrogen-bond acceptors (Lipinski definition) is 4. The molecular formula is C21H25N3O3S. The SMILES string of the molecule is CCOc1ccc(C(=O)NC(=S)Nc2ccc(NC(=O)CC(C)C)cc2)cc1. The quantitative estimate of drug-likeness (QED) is 0.608. The van der Waals surface area contributed by atoms with E-state index >= 15 is 0 Å². The van der Waals surface area contributed by atoms with Crippen molar-refractivity contribution in [1.29, 1.82) is 0 Å². The van der Waals surface area contributed by atoms with Crippen LogP contribution >= 0.6 is 12.2 Å². The van der Waals surface area contributed by atoms with E-state index in [1.807, 2.05) is 20.8 Å². The molecule has 0 aliphatic heterocycles. The predicted molar refractivity (Wildman–Crippen MR) is 116 cm³/mol. The van der Waals surface area contributed by atoms with E-state index in [0.717, 1.165) is 0 Å². The van der Waals surface area contributed by atoms with Crippen molar-refractivity contribution in [3.63, 3.8) is 0 Å². The third-order valence-corrected chi connectivity index (χ3v) is 3.88. The Labute approximate surface area is 170 Å². The molecule has 0 fully saturated rings. The highest BCUT2D eigenvalue weighted by Crippen LogP contribution is 2.15. The van der Waals surface area contributed by atoms with Crippen LogP contribution < -0.4 is 20.7 Å². The summed E-state index contributed by atoms with van der Waals surface area (Å²) < 4.78 is 5.36. The van der Waals surface area contributed by atoms with Crippen LogP contribution in [-0.2, 0) is 4.79 Å². The van der Waals surface area contributed by atoms with Gasteiger partial charge in [-0.25, -0.2) is 0 Å². The second-order valence-corrected chi connectivity index (χ2v) is 7.00. The standard InChI is InChI=1S/C21H25N3O3S/c1-4-27-18-11-5-15(6-12-18)20(26)24-21(28)23-17-9-7-16(8-10-17)22-19(25)13-14(2)3/h5-12,14H,4,13H2,1-3H3,(H,22,25)(H2,23,24,26,28). The number of benzene rings is 2. The first-order valence-electron chi connectivity index (χ1n) is 9.12. The van der Waals surface area contributed by atoms with Crippen LogP contribution in [0.1, 0.15) is 37.6 Å². The maximum Gasteiger partial charge on any atom is 0.257 e. The van der Waals surface area contributed by atoms with E-state index in [-0.39, 0.29) is 16.9 Å². The van der Waals surface area contributed by atoms with Crippen molar-refractivity contribution < 1.29 is 14.3 Å². The lowest BCUT2D eigenvalue weighted by atomic mass is 10.1. The summed E-state index contributed by atoms with van der Waals surface area (Å²) in [5.74, 6) is 0.685. The molecule has 6 nitrogen and oxygen atoms in total. The fourth-order valence-corrected chi connectivity index (χ4v) is 2.64. The van der Waals surface area contributed by atoms with Crippen molar-refractivity contribution in [2.24, 2.45) is 5.92 Å². The van der Waals surface area contributed by atoms with E-state index < -0.39 is 0 Å². The summed E-state index contributed by atoms with van der Waals surface area (Å²) in [5.41, 5.74) is 1.90. The zero-order chi connectivity index (χ0) is 20.5. The van der Waals surface area contributed by atoms with Gasteiger partial charge in [0.05, 0.1) is 6.61 Å². The highest BCUT2D eigenvalue weighted by molar-refractivity contribution is 7.80. The Bertz CT molecular complexity index is 818. The third kappa shape index (κ3) is 7.00. The van der Waals surface area contributed by atoms with E-state index in [1.165, 1.54) is 0 Å². The summed E-state index contributed by atoms with van der Waals surface area (Å²) in [7, 11) is 0. The fraction of sp³-hybridized carbons (Fsp3) is 0.286. The van der Waals surface area contributed by atoms with E-state index in [0.29, 0.717) is 41.6 Å². The summed E-state index contributed by atoms with van der Waals surface area (Å²) in [6.45, 7) is 6.46. The summed E-state index contributed by atoms with van der Waals surface area (Å²) in [5, 5.41) is 8.62. The summed E-state index contributed by atoms with van der Waals surface area (Å²) in [6.07, 6.45) is 0.474. The molecular weight excluding hydrogens is 374 g/mol. The second-order valence-electron chi connectivity index (χ2n) is 6.59. The van der Waals surface area contributed by atoms with Gasteiger partial charge in [-0.3, -0.25) is 14.9 Å². The molecule has 0 atom stereocenters. The first-order valence-corrected chi connectivity index (χ1v) is 9.53. The van der Waals surface area contributed by atoms with Crippen LogP contribution in [0.2, 0.25) is 0 Å². The van der Waals surface area contributed by atoms with Crippen LogP contribution in [0.25, 0.3) is 0 Å². The number of nitrogens with one attached hydrogen (secondary N) is 3. The zero-order valence-corrected chi connectivity index (χ0v) is 17.1. The fourth-order valence-electron chi connectivity index (χ4n) is 2.43. The molecule has 0 aliphatic rings. The maximum atomic E-state index is 12.3. The van der Waals surface area contributed by atoms with Crippen LogP contribution in [0.15, 0.2) is 48.5 Å². The lowest BCUT2D eigenvalue weighted by molar-refractivity contribution is -0.116. The lowest BCUT2D eigenvalue weighted by Gasteiger charge is -2.11. The van der Waals surface area contributed by atoms with Crippen molar-refractivity contribution >= 4 is 40.5 Å². The van der Waals surface area contributed by atoms with Gasteiger partial charge in [-0.1, -0.05) is 13.8 Å². The number of thiocarbonyl (C=S) groups is 1. The first-order chi connectivity index (χ1) is 13.4. The van der Waals surface area contributed by atoms with Crippen LogP contribution in [0, 0.1) is 5.92 Å². The Kier molecular flexibility index (Phi) is 7.95. The van der Waals surface area contributed by atoms with Gasteiger partial charge in [0.1, 0.15) is 5.75 Å². The Morgan fingerprint density at radius 1 is 0.964 bits per heavy atom. The first kappa shape index (κ1) is 21.4. The van der Waals surface area contributed by atoms with Gasteiger partial charge in [-0.15, -0.1) is 0 Å². The molecule has 0 saturated carbocycles. The molecule has 0 saturated heterocycles. The highest BCUT2D eigenvalue weighted by atomic mass is 32.1. The molecule has 0 spiro atoms. The summed E-state index contributed by atoms with van der Waals surface area (Å²) in [6, 6.07) is 13.9. The molecule has 0 aromatic heterocycles. The molecule has 2 aromatic rings. The number of ether oxygens (including phenoxy) is 1. The predicted octanol–water partition coefficient (Wildman–Crippen LogP) is 4.20. The Morgan fingerprint density at radius 2 is 1.54 bits per heavy atom. The Morgan fingerprint density at radius 3 is 2.07 bits per heavy atom. The number of carbonyl (C=O) groups is 2. The normalized spacial score (nSPS) is 10.3. The zero-order valence-electron chi connectivity index (χ0n) is 16.2. The largest absolute Gasteiger partial charge is 0.494 e. The van der Waals surface area contributed by atoms with Gasteiger partial charge < -0.3 is 15.4 Å². The molecule has 0 unspecified atom stereocenters.